The van der Waals surface area contributed by atoms with E-state index in [1.54, 1.807) is 0 Å². The van der Waals surface area contributed by atoms with Crippen molar-refractivity contribution < 1.29 is 13.9 Å². The van der Waals surface area contributed by atoms with Gasteiger partial charge in [-0.25, -0.2) is 9.13 Å². The lowest BCUT2D eigenvalue weighted by molar-refractivity contribution is -0.672. The summed E-state index contributed by atoms with van der Waals surface area (Å²) < 4.78 is 9.61. The smallest absolute Gasteiger partial charge is 0.211 e. The van der Waals surface area contributed by atoms with Crippen molar-refractivity contribution in [3.63, 3.8) is 0 Å². The summed E-state index contributed by atoms with van der Waals surface area (Å²) >= 11 is 0. The highest BCUT2D eigenvalue weighted by Crippen LogP contribution is 2.17. The summed E-state index contributed by atoms with van der Waals surface area (Å²) in [6.07, 6.45) is 7.82. The van der Waals surface area contributed by atoms with E-state index in [4.69, 9.17) is 4.74 Å². The molecule has 76 valence electrons. The Bertz CT molecular complexity index is 451. The van der Waals surface area contributed by atoms with Crippen LogP contribution in [0.3, 0.4) is 0 Å². The van der Waals surface area contributed by atoms with Crippen LogP contribution < -0.4 is 13.9 Å². The monoisotopic (exact) mass is 202 g/mol. The number of hydrogen-bond donors (Lipinski definition) is 0. The third-order valence-corrected chi connectivity index (χ3v) is 2.10. The predicted octanol–water partition coefficient (Wildman–Crippen LogP) is 1.13. The maximum Gasteiger partial charge on any atom is 0.211 e. The van der Waals surface area contributed by atoms with E-state index in [-0.39, 0.29) is 0 Å². The van der Waals surface area contributed by atoms with Crippen molar-refractivity contribution in [3.05, 3.63) is 49.1 Å². The number of ether oxygens (including phenoxy) is 1. The van der Waals surface area contributed by atoms with Gasteiger partial charge in [0.05, 0.1) is 0 Å². The van der Waals surface area contributed by atoms with Crippen LogP contribution in [0.2, 0.25) is 0 Å². The summed E-state index contributed by atoms with van der Waals surface area (Å²) in [5, 5.41) is 0. The molecule has 0 saturated heterocycles. The topological polar surface area (TPSA) is 17.0 Å². The number of pyridine rings is 2. The molecule has 3 nitrogen and oxygen atoms in total. The van der Waals surface area contributed by atoms with Crippen LogP contribution in [0.1, 0.15) is 0 Å². The van der Waals surface area contributed by atoms with Crippen molar-refractivity contribution in [1.29, 1.82) is 0 Å². The molecule has 15 heavy (non-hydrogen) atoms. The highest BCUT2D eigenvalue weighted by molar-refractivity contribution is 5.24. The molecule has 0 aromatic carbocycles. The number of rotatable bonds is 2. The Labute approximate surface area is 89.2 Å². The minimum Gasteiger partial charge on any atom is -0.451 e. The third kappa shape index (κ3) is 2.53. The van der Waals surface area contributed by atoms with E-state index in [2.05, 4.69) is 0 Å². The van der Waals surface area contributed by atoms with Crippen LogP contribution in [-0.2, 0) is 14.1 Å². The summed E-state index contributed by atoms with van der Waals surface area (Å²) in [6.45, 7) is 0. The van der Waals surface area contributed by atoms with Gasteiger partial charge in [-0.15, -0.1) is 0 Å². The van der Waals surface area contributed by atoms with Crippen LogP contribution in [0.15, 0.2) is 49.1 Å². The molecule has 0 aliphatic carbocycles. The van der Waals surface area contributed by atoms with E-state index in [1.165, 1.54) is 0 Å². The molecule has 0 atom stereocenters. The first-order chi connectivity index (χ1) is 7.24. The van der Waals surface area contributed by atoms with Gasteiger partial charge in [-0.2, -0.15) is 0 Å². The van der Waals surface area contributed by atoms with Crippen LogP contribution in [-0.4, -0.2) is 0 Å². The minimum atomic E-state index is 0.842. The quantitative estimate of drug-likeness (QED) is 0.667. The molecule has 0 saturated carbocycles. The maximum absolute atomic E-state index is 5.68. The van der Waals surface area contributed by atoms with Gasteiger partial charge in [-0.1, -0.05) is 0 Å². The van der Waals surface area contributed by atoms with Gasteiger partial charge in [-0.05, 0) is 6.07 Å². The Morgan fingerprint density at radius 2 is 1.60 bits per heavy atom. The van der Waals surface area contributed by atoms with Crippen LogP contribution in [0.4, 0.5) is 0 Å². The standard InChI is InChI=1S/C12H14N2O/c1-13-8-5-11(6-9-13)15-12-4-3-7-14(2)10-12/h3-10H,1-2H3/q+2. The lowest BCUT2D eigenvalue weighted by Gasteiger charge is -2.01. The molecule has 2 aromatic rings. The number of aromatic nitrogens is 2. The Hall–Kier alpha value is -1.90. The Kier molecular flexibility index (Phi) is 2.63. The molecule has 2 aromatic heterocycles. The summed E-state index contributed by atoms with van der Waals surface area (Å²) in [5.41, 5.74) is 0. The molecular formula is C12H14N2O+2. The maximum atomic E-state index is 5.68. The average Bonchev–Trinajstić information content (AvgIpc) is 2.22. The first-order valence-electron chi connectivity index (χ1n) is 4.82. The van der Waals surface area contributed by atoms with Gasteiger partial charge in [0.2, 0.25) is 6.20 Å². The fraction of sp³-hybridized carbons (Fsp3) is 0.167. The molecule has 0 aliphatic rings. The molecule has 0 unspecified atom stereocenters. The zero-order valence-electron chi connectivity index (χ0n) is 8.92. The SMILES string of the molecule is C[n+]1ccc(Oc2ccc[n+](C)c2)cc1. The van der Waals surface area contributed by atoms with Crippen LogP contribution in [0.25, 0.3) is 0 Å². The van der Waals surface area contributed by atoms with Crippen LogP contribution in [0, 0.1) is 0 Å². The Morgan fingerprint density at radius 3 is 2.27 bits per heavy atom. The van der Waals surface area contributed by atoms with E-state index in [1.807, 2.05) is 72.3 Å². The Morgan fingerprint density at radius 1 is 0.867 bits per heavy atom. The molecule has 0 radical (unpaired) electrons. The minimum absolute atomic E-state index is 0.842. The van der Waals surface area contributed by atoms with Crippen molar-refractivity contribution in [2.75, 3.05) is 0 Å². The molecular weight excluding hydrogens is 188 g/mol. The molecule has 0 amide bonds. The molecule has 0 spiro atoms. The lowest BCUT2D eigenvalue weighted by Crippen LogP contribution is -2.26. The number of aryl methyl sites for hydroxylation is 2. The second-order valence-corrected chi connectivity index (χ2v) is 3.51. The van der Waals surface area contributed by atoms with Crippen molar-refractivity contribution >= 4 is 0 Å². The van der Waals surface area contributed by atoms with Gasteiger partial charge < -0.3 is 4.74 Å². The highest BCUT2D eigenvalue weighted by Gasteiger charge is 2.02. The predicted molar refractivity (Wildman–Crippen MR) is 55.3 cm³/mol. The van der Waals surface area contributed by atoms with Crippen LogP contribution in [0.5, 0.6) is 11.5 Å². The number of hydrogen-bond acceptors (Lipinski definition) is 1. The molecule has 2 rings (SSSR count). The zero-order valence-corrected chi connectivity index (χ0v) is 8.92. The van der Waals surface area contributed by atoms with Gasteiger partial charge in [0.25, 0.3) is 0 Å². The van der Waals surface area contributed by atoms with E-state index >= 15 is 0 Å². The van der Waals surface area contributed by atoms with Crippen molar-refractivity contribution in [2.45, 2.75) is 0 Å². The summed E-state index contributed by atoms with van der Waals surface area (Å²) in [7, 11) is 3.95. The third-order valence-electron chi connectivity index (χ3n) is 2.10. The molecule has 3 heteroatoms. The first kappa shape index (κ1) is 9.65. The van der Waals surface area contributed by atoms with E-state index in [0.29, 0.717) is 0 Å². The first-order valence-corrected chi connectivity index (χ1v) is 4.82. The average molecular weight is 202 g/mol. The lowest BCUT2D eigenvalue weighted by atomic mass is 10.4. The van der Waals surface area contributed by atoms with Crippen LogP contribution >= 0.6 is 0 Å². The van der Waals surface area contributed by atoms with Gasteiger partial charge in [0.1, 0.15) is 19.8 Å². The number of nitrogens with zero attached hydrogens (tertiary/aromatic N) is 2. The van der Waals surface area contributed by atoms with Gasteiger partial charge in [-0.3, -0.25) is 0 Å². The van der Waals surface area contributed by atoms with Crippen molar-refractivity contribution in [1.82, 2.24) is 0 Å². The summed E-state index contributed by atoms with van der Waals surface area (Å²) in [5.74, 6) is 1.69. The van der Waals surface area contributed by atoms with Gasteiger partial charge in [0.15, 0.2) is 24.3 Å². The molecule has 0 N–H and O–H groups in total. The molecule has 0 bridgehead atoms. The second kappa shape index (κ2) is 4.09. The summed E-state index contributed by atoms with van der Waals surface area (Å²) in [6, 6.07) is 7.77. The zero-order chi connectivity index (χ0) is 10.7. The fourth-order valence-corrected chi connectivity index (χ4v) is 1.31. The molecule has 0 fully saturated rings. The highest BCUT2D eigenvalue weighted by atomic mass is 16.5. The fourth-order valence-electron chi connectivity index (χ4n) is 1.31. The van der Waals surface area contributed by atoms with Crippen molar-refractivity contribution in [3.8, 4) is 11.5 Å². The van der Waals surface area contributed by atoms with Gasteiger partial charge in [0, 0.05) is 18.2 Å². The van der Waals surface area contributed by atoms with Gasteiger partial charge >= 0.3 is 0 Å². The van der Waals surface area contributed by atoms with E-state index in [9.17, 15) is 0 Å². The Balaban J connectivity index is 2.18. The van der Waals surface area contributed by atoms with Crippen molar-refractivity contribution in [2.24, 2.45) is 14.1 Å². The molecule has 2 heterocycles. The molecule has 0 aliphatic heterocycles. The summed E-state index contributed by atoms with van der Waals surface area (Å²) in [4.78, 5) is 0. The van der Waals surface area contributed by atoms with E-state index in [0.717, 1.165) is 11.5 Å². The largest absolute Gasteiger partial charge is 0.451 e. The second-order valence-electron chi connectivity index (χ2n) is 3.51. The normalized spacial score (nSPS) is 10.0. The van der Waals surface area contributed by atoms with E-state index < -0.39 is 0 Å².